The minimum absolute atomic E-state index is 0.0261. The van der Waals surface area contributed by atoms with Gasteiger partial charge >= 0.3 is 5.69 Å². The molecule has 0 saturated heterocycles. The van der Waals surface area contributed by atoms with Crippen LogP contribution in [-0.2, 0) is 10.0 Å². The third-order valence-corrected chi connectivity index (χ3v) is 6.62. The molecular formula is C11H20N4O4S2. The average Bonchev–Trinajstić information content (AvgIpc) is 2.89. The maximum atomic E-state index is 12.6. The van der Waals surface area contributed by atoms with Crippen molar-refractivity contribution >= 4 is 32.0 Å². The third-order valence-electron chi connectivity index (χ3n) is 3.18. The van der Waals surface area contributed by atoms with E-state index in [0.717, 1.165) is 23.8 Å². The molecule has 0 aliphatic heterocycles. The highest BCUT2D eigenvalue weighted by Crippen LogP contribution is 2.37. The van der Waals surface area contributed by atoms with E-state index in [9.17, 15) is 18.5 Å². The monoisotopic (exact) mass is 336 g/mol. The molecule has 0 aliphatic rings. The molecule has 0 amide bonds. The Morgan fingerprint density at radius 1 is 1.52 bits per heavy atom. The van der Waals surface area contributed by atoms with Crippen LogP contribution in [-0.4, -0.2) is 30.7 Å². The Balaban J connectivity index is 3.20. The van der Waals surface area contributed by atoms with Crippen LogP contribution in [0.15, 0.2) is 10.3 Å². The van der Waals surface area contributed by atoms with Crippen molar-refractivity contribution in [1.29, 1.82) is 0 Å². The molecule has 0 saturated carbocycles. The van der Waals surface area contributed by atoms with Gasteiger partial charge in [0.25, 0.3) is 10.0 Å². The van der Waals surface area contributed by atoms with Crippen molar-refractivity contribution in [3.05, 3.63) is 16.2 Å². The minimum atomic E-state index is -3.75. The van der Waals surface area contributed by atoms with Crippen LogP contribution in [0, 0.1) is 16.0 Å². The average molecular weight is 336 g/mol. The van der Waals surface area contributed by atoms with Crippen molar-refractivity contribution in [1.82, 2.24) is 4.31 Å². The van der Waals surface area contributed by atoms with E-state index in [1.165, 1.54) is 4.31 Å². The summed E-state index contributed by atoms with van der Waals surface area (Å²) in [4.78, 5) is 10.2. The van der Waals surface area contributed by atoms with Gasteiger partial charge in [-0.3, -0.25) is 10.1 Å². The highest BCUT2D eigenvalue weighted by Gasteiger charge is 2.30. The first-order valence-corrected chi connectivity index (χ1v) is 8.78. The normalized spacial score (nSPS) is 13.4. The van der Waals surface area contributed by atoms with Crippen LogP contribution in [0.3, 0.4) is 0 Å². The van der Waals surface area contributed by atoms with E-state index in [1.807, 2.05) is 13.8 Å². The standard InChI is InChI=1S/C11H20N4O4S2/c1-4-8(3)7-14(5-2)21(18,19)10-6-9(15(16)17)11(13-12)20-10/h6,8,13H,4-5,7,12H2,1-3H3. The molecule has 0 spiro atoms. The fourth-order valence-corrected chi connectivity index (χ4v) is 4.69. The molecule has 1 aromatic rings. The highest BCUT2D eigenvalue weighted by atomic mass is 32.2. The summed E-state index contributed by atoms with van der Waals surface area (Å²) in [6, 6.07) is 1.05. The molecular weight excluding hydrogens is 316 g/mol. The maximum absolute atomic E-state index is 12.6. The van der Waals surface area contributed by atoms with Crippen LogP contribution in [0.1, 0.15) is 27.2 Å². The van der Waals surface area contributed by atoms with Crippen molar-refractivity contribution in [2.24, 2.45) is 11.8 Å². The van der Waals surface area contributed by atoms with E-state index in [4.69, 9.17) is 5.84 Å². The molecule has 3 N–H and O–H groups in total. The molecule has 0 radical (unpaired) electrons. The number of thiophene rings is 1. The van der Waals surface area contributed by atoms with Gasteiger partial charge < -0.3 is 5.43 Å². The van der Waals surface area contributed by atoms with Crippen LogP contribution in [0.4, 0.5) is 10.7 Å². The zero-order chi connectivity index (χ0) is 16.2. The van der Waals surface area contributed by atoms with Gasteiger partial charge in [-0.1, -0.05) is 38.5 Å². The second-order valence-corrected chi connectivity index (χ2v) is 7.87. The molecule has 1 aromatic heterocycles. The van der Waals surface area contributed by atoms with Gasteiger partial charge in [-0.15, -0.1) is 0 Å². The van der Waals surface area contributed by atoms with Crippen molar-refractivity contribution < 1.29 is 13.3 Å². The van der Waals surface area contributed by atoms with Gasteiger partial charge in [0.15, 0.2) is 5.00 Å². The Bertz CT molecular complexity index is 599. The van der Waals surface area contributed by atoms with E-state index in [0.29, 0.717) is 13.1 Å². The van der Waals surface area contributed by atoms with E-state index in [2.05, 4.69) is 5.43 Å². The van der Waals surface area contributed by atoms with E-state index < -0.39 is 14.9 Å². The van der Waals surface area contributed by atoms with Gasteiger partial charge in [0.05, 0.1) is 4.92 Å². The topological polar surface area (TPSA) is 119 Å². The molecule has 8 nitrogen and oxygen atoms in total. The summed E-state index contributed by atoms with van der Waals surface area (Å²) >= 11 is 0.766. The van der Waals surface area contributed by atoms with Crippen LogP contribution in [0.2, 0.25) is 0 Å². The molecule has 10 heteroatoms. The molecule has 0 bridgehead atoms. The molecule has 0 aromatic carbocycles. The number of sulfonamides is 1. The summed E-state index contributed by atoms with van der Waals surface area (Å²) in [5.74, 6) is 5.41. The number of hydrogen-bond donors (Lipinski definition) is 2. The summed E-state index contributed by atoms with van der Waals surface area (Å²) in [6.07, 6.45) is 0.853. The Labute approximate surface area is 128 Å². The lowest BCUT2D eigenvalue weighted by Crippen LogP contribution is -2.34. The fraction of sp³-hybridized carbons (Fsp3) is 0.636. The maximum Gasteiger partial charge on any atom is 0.306 e. The lowest BCUT2D eigenvalue weighted by Gasteiger charge is -2.22. The molecule has 1 rings (SSSR count). The number of nitrogens with one attached hydrogen (secondary N) is 1. The summed E-state index contributed by atoms with van der Waals surface area (Å²) in [5.41, 5.74) is 1.84. The van der Waals surface area contributed by atoms with Crippen LogP contribution in [0.5, 0.6) is 0 Å². The fourth-order valence-electron chi connectivity index (χ4n) is 1.73. The number of nitrogens with zero attached hydrogens (tertiary/aromatic N) is 2. The van der Waals surface area contributed by atoms with Gasteiger partial charge in [0, 0.05) is 19.2 Å². The van der Waals surface area contributed by atoms with Crippen molar-refractivity contribution in [2.75, 3.05) is 18.5 Å². The Hall–Kier alpha value is -1.23. The smallest absolute Gasteiger partial charge is 0.306 e. The van der Waals surface area contributed by atoms with Crippen LogP contribution >= 0.6 is 11.3 Å². The summed E-state index contributed by atoms with van der Waals surface area (Å²) < 4.78 is 26.4. The lowest BCUT2D eigenvalue weighted by molar-refractivity contribution is -0.383. The number of nitrogen functional groups attached to an aromatic ring is 1. The van der Waals surface area contributed by atoms with Gasteiger partial charge in [-0.25, -0.2) is 14.3 Å². The van der Waals surface area contributed by atoms with Crippen molar-refractivity contribution in [3.8, 4) is 0 Å². The Morgan fingerprint density at radius 3 is 2.52 bits per heavy atom. The predicted octanol–water partition coefficient (Wildman–Crippen LogP) is 2.00. The third kappa shape index (κ3) is 3.90. The number of hydrogen-bond acceptors (Lipinski definition) is 7. The van der Waals surface area contributed by atoms with Gasteiger partial charge in [0.1, 0.15) is 4.21 Å². The molecule has 120 valence electrons. The highest BCUT2D eigenvalue weighted by molar-refractivity contribution is 7.91. The SMILES string of the molecule is CCC(C)CN(CC)S(=O)(=O)c1cc([N+](=O)[O-])c(NN)s1. The zero-order valence-electron chi connectivity index (χ0n) is 12.2. The molecule has 0 aliphatic carbocycles. The zero-order valence-corrected chi connectivity index (χ0v) is 13.8. The molecule has 21 heavy (non-hydrogen) atoms. The number of nitro groups is 1. The summed E-state index contributed by atoms with van der Waals surface area (Å²) in [7, 11) is -3.75. The summed E-state index contributed by atoms with van der Waals surface area (Å²) in [5, 5.41) is 10.9. The van der Waals surface area contributed by atoms with Gasteiger partial charge in [-0.2, -0.15) is 4.31 Å². The Morgan fingerprint density at radius 2 is 2.14 bits per heavy atom. The van der Waals surface area contributed by atoms with Crippen LogP contribution < -0.4 is 11.3 Å². The minimum Gasteiger partial charge on any atom is -0.310 e. The molecule has 1 unspecified atom stereocenters. The van der Waals surface area contributed by atoms with E-state index in [1.54, 1.807) is 6.92 Å². The molecule has 1 atom stereocenters. The van der Waals surface area contributed by atoms with Crippen molar-refractivity contribution in [2.45, 2.75) is 31.4 Å². The van der Waals surface area contributed by atoms with Crippen molar-refractivity contribution in [3.63, 3.8) is 0 Å². The largest absolute Gasteiger partial charge is 0.310 e. The number of nitrogens with two attached hydrogens (primary N) is 1. The first kappa shape index (κ1) is 17.8. The molecule has 1 heterocycles. The lowest BCUT2D eigenvalue weighted by atomic mass is 10.1. The quantitative estimate of drug-likeness (QED) is 0.426. The first-order valence-electron chi connectivity index (χ1n) is 6.52. The second kappa shape index (κ2) is 7.16. The summed E-state index contributed by atoms with van der Waals surface area (Å²) in [6.45, 7) is 6.37. The predicted molar refractivity (Wildman–Crippen MR) is 82.7 cm³/mol. The van der Waals surface area contributed by atoms with E-state index >= 15 is 0 Å². The van der Waals surface area contributed by atoms with Gasteiger partial charge in [0.2, 0.25) is 0 Å². The number of rotatable bonds is 8. The van der Waals surface area contributed by atoms with Crippen LogP contribution in [0.25, 0.3) is 0 Å². The Kier molecular flexibility index (Phi) is 6.08. The number of hydrazine groups is 1. The first-order chi connectivity index (χ1) is 9.77. The van der Waals surface area contributed by atoms with E-state index in [-0.39, 0.29) is 20.8 Å². The molecule has 0 fully saturated rings. The second-order valence-electron chi connectivity index (χ2n) is 4.65. The van der Waals surface area contributed by atoms with Gasteiger partial charge in [-0.05, 0) is 5.92 Å². The number of anilines is 1.